The SMILES string of the molecule is O=C1SC2C3=C(S[N+]4(S3)SC3=C(S4)C4SC(=O)SC34)C2S1. The van der Waals surface area contributed by atoms with Gasteiger partial charge < -0.3 is 0 Å². The second-order valence-electron chi connectivity index (χ2n) is 4.92. The number of carbonyl (C=O) groups is 2. The van der Waals surface area contributed by atoms with Gasteiger partial charge in [-0.2, -0.15) is 0 Å². The van der Waals surface area contributed by atoms with Crippen molar-refractivity contribution in [3.63, 3.8) is 0 Å². The van der Waals surface area contributed by atoms with Gasteiger partial charge in [-0.25, -0.2) is 0 Å². The van der Waals surface area contributed by atoms with Crippen LogP contribution >= 0.6 is 94.8 Å². The van der Waals surface area contributed by atoms with Gasteiger partial charge in [0, 0.05) is 0 Å². The van der Waals surface area contributed by atoms with Crippen LogP contribution in [0.5, 0.6) is 0 Å². The topological polar surface area (TPSA) is 34.1 Å². The van der Waals surface area contributed by atoms with Crippen LogP contribution in [0.2, 0.25) is 0 Å². The monoisotopic (exact) mass is 426 g/mol. The van der Waals surface area contributed by atoms with Crippen molar-refractivity contribution >= 4 is 104 Å². The molecule has 6 rings (SSSR count). The first kappa shape index (κ1) is 13.8. The van der Waals surface area contributed by atoms with Crippen molar-refractivity contribution in [1.82, 2.24) is 0 Å². The van der Waals surface area contributed by atoms with E-state index in [1.807, 2.05) is 47.8 Å². The number of rotatable bonds is 0. The van der Waals surface area contributed by atoms with Gasteiger partial charge in [-0.05, 0) is 0 Å². The molecule has 11 heteroatoms. The Kier molecular flexibility index (Phi) is 2.90. The summed E-state index contributed by atoms with van der Waals surface area (Å²) in [4.78, 5) is 28.8. The molecule has 6 aliphatic rings. The second kappa shape index (κ2) is 4.40. The molecule has 108 valence electrons. The first-order chi connectivity index (χ1) is 10.1. The van der Waals surface area contributed by atoms with Crippen LogP contribution in [0.3, 0.4) is 0 Å². The minimum atomic E-state index is 0.276. The van der Waals surface area contributed by atoms with Crippen molar-refractivity contribution in [2.24, 2.45) is 0 Å². The largest absolute Gasteiger partial charge is 0.274 e. The van der Waals surface area contributed by atoms with Crippen LogP contribution in [0.1, 0.15) is 0 Å². The number of hydrogen-bond acceptors (Lipinski definition) is 10. The van der Waals surface area contributed by atoms with Crippen LogP contribution in [0, 0.1) is 0 Å². The first-order valence-corrected chi connectivity index (χ1v) is 12.6. The molecule has 0 N–H and O–H groups in total. The molecule has 0 aromatic heterocycles. The number of nitrogens with zero attached hydrogens (tertiary/aromatic N) is 1. The summed E-state index contributed by atoms with van der Waals surface area (Å²) in [5.41, 5.74) is 0. The van der Waals surface area contributed by atoms with Crippen LogP contribution in [-0.4, -0.2) is 32.0 Å². The van der Waals surface area contributed by atoms with Crippen molar-refractivity contribution in [3.05, 3.63) is 19.6 Å². The third kappa shape index (κ3) is 1.71. The molecule has 4 unspecified atom stereocenters. The average molecular weight is 427 g/mol. The van der Waals surface area contributed by atoms with Gasteiger partial charge in [0.15, 0.2) is 0 Å². The van der Waals surface area contributed by atoms with Gasteiger partial charge in [0.2, 0.25) is 8.89 Å². The van der Waals surface area contributed by atoms with E-state index in [1.54, 1.807) is 0 Å². The standard InChI is InChI=1S/C10H4NO2S8/c12-9-14-1-2(15-9)6-5(1)18-11(19-6)20-7-3-4(8(7)21-11)17-10(13)16-3/h1-4H/q+1. The van der Waals surface area contributed by atoms with E-state index >= 15 is 0 Å². The summed E-state index contributed by atoms with van der Waals surface area (Å²) in [5.74, 6) is 0. The smallest absolute Gasteiger partial charge is 0.247 e. The fourth-order valence-electron chi connectivity index (χ4n) is 2.83. The third-order valence-electron chi connectivity index (χ3n) is 3.80. The minimum absolute atomic E-state index is 0.276. The number of hydrogen-bond donors (Lipinski definition) is 0. The van der Waals surface area contributed by atoms with Crippen LogP contribution in [-0.2, 0) is 0 Å². The number of thioether (sulfide) groups is 4. The number of fused-ring (bicyclic) bond motifs is 6. The maximum atomic E-state index is 11.5. The van der Waals surface area contributed by atoms with E-state index in [-0.39, 0.29) is 8.89 Å². The predicted molar refractivity (Wildman–Crippen MR) is 101 cm³/mol. The highest BCUT2D eigenvalue weighted by Gasteiger charge is 2.69. The summed E-state index contributed by atoms with van der Waals surface area (Å²) in [6.07, 6.45) is 0. The van der Waals surface area contributed by atoms with Gasteiger partial charge in [0.05, 0.1) is 40.6 Å². The van der Waals surface area contributed by atoms with Crippen LogP contribution in [0.4, 0.5) is 9.59 Å². The first-order valence-electron chi connectivity index (χ1n) is 6.04. The molecule has 0 bridgehead atoms. The fraction of sp³-hybridized carbons (Fsp3) is 0.400. The molecule has 4 atom stereocenters. The minimum Gasteiger partial charge on any atom is -0.274 e. The van der Waals surface area contributed by atoms with Crippen molar-refractivity contribution in [2.75, 3.05) is 0 Å². The highest BCUT2D eigenvalue weighted by molar-refractivity contribution is 8.45. The molecule has 0 radical (unpaired) electrons. The Labute approximate surface area is 154 Å². The van der Waals surface area contributed by atoms with Gasteiger partial charge in [-0.1, -0.05) is 49.2 Å². The Balaban J connectivity index is 1.25. The molecule has 4 heterocycles. The summed E-state index contributed by atoms with van der Waals surface area (Å²) < 4.78 is 1.40. The van der Waals surface area contributed by atoms with E-state index in [4.69, 9.17) is 0 Å². The lowest BCUT2D eigenvalue weighted by Crippen LogP contribution is -2.27. The lowest BCUT2D eigenvalue weighted by atomic mass is 10.1. The normalized spacial score (nSPS) is 49.3. The van der Waals surface area contributed by atoms with E-state index in [0.717, 1.165) is 2.10 Å². The zero-order valence-corrected chi connectivity index (χ0v) is 16.4. The van der Waals surface area contributed by atoms with Crippen molar-refractivity contribution in [3.8, 4) is 0 Å². The molecule has 0 amide bonds. The number of quaternary nitrogens is 1. The molecular weight excluding hydrogens is 423 g/mol. The van der Waals surface area contributed by atoms with Gasteiger partial charge in [-0.15, -0.1) is 0 Å². The Morgan fingerprint density at radius 1 is 0.571 bits per heavy atom. The Bertz CT molecular complexity index is 600. The second-order valence-corrected chi connectivity index (χ2v) is 16.0. The summed E-state index contributed by atoms with van der Waals surface area (Å²) >= 11 is 13.7. The van der Waals surface area contributed by atoms with Crippen LogP contribution < -0.4 is 0 Å². The molecule has 2 aliphatic carbocycles. The maximum absolute atomic E-state index is 11.5. The van der Waals surface area contributed by atoms with Crippen molar-refractivity contribution in [1.29, 1.82) is 0 Å². The van der Waals surface area contributed by atoms with Crippen LogP contribution in [0.25, 0.3) is 0 Å². The molecule has 3 nitrogen and oxygen atoms in total. The van der Waals surface area contributed by atoms with E-state index in [2.05, 4.69) is 0 Å². The van der Waals surface area contributed by atoms with Crippen LogP contribution in [0.15, 0.2) is 19.6 Å². The molecule has 2 saturated heterocycles. The molecule has 0 aromatic rings. The highest BCUT2D eigenvalue weighted by atomic mass is 32.3. The Morgan fingerprint density at radius 3 is 1.14 bits per heavy atom. The summed E-state index contributed by atoms with van der Waals surface area (Å²) in [5, 5.41) is 1.64. The fourth-order valence-corrected chi connectivity index (χ4v) is 16.8. The number of carbonyl (C=O) groups excluding carboxylic acids is 2. The van der Waals surface area contributed by atoms with E-state index in [9.17, 15) is 9.59 Å². The lowest BCUT2D eigenvalue weighted by Gasteiger charge is -2.23. The molecule has 21 heavy (non-hydrogen) atoms. The molecule has 1 spiro atoms. The molecule has 2 fully saturated rings. The molecule has 0 aromatic carbocycles. The van der Waals surface area contributed by atoms with Gasteiger partial charge in [0.1, 0.15) is 47.8 Å². The van der Waals surface area contributed by atoms with Gasteiger partial charge in [0.25, 0.3) is 0 Å². The molecule has 0 saturated carbocycles. The van der Waals surface area contributed by atoms with Gasteiger partial charge in [-0.3, -0.25) is 9.59 Å². The average Bonchev–Trinajstić information content (AvgIpc) is 3.13. The lowest BCUT2D eigenvalue weighted by molar-refractivity contribution is -0.264. The molecular formula is C10H4NO2S8+. The summed E-state index contributed by atoms with van der Waals surface area (Å²) in [6.45, 7) is 0. The Morgan fingerprint density at radius 2 is 0.857 bits per heavy atom. The van der Waals surface area contributed by atoms with E-state index in [0.29, 0.717) is 21.0 Å². The molecule has 4 aliphatic heterocycles. The zero-order chi connectivity index (χ0) is 13.9. The van der Waals surface area contributed by atoms with E-state index < -0.39 is 0 Å². The van der Waals surface area contributed by atoms with E-state index in [1.165, 1.54) is 66.7 Å². The van der Waals surface area contributed by atoms with Crippen molar-refractivity contribution in [2.45, 2.75) is 21.0 Å². The predicted octanol–water partition coefficient (Wildman–Crippen LogP) is 5.55. The zero-order valence-electron chi connectivity index (χ0n) is 9.84. The summed E-state index contributed by atoms with van der Waals surface area (Å²) in [6, 6.07) is 0. The quantitative estimate of drug-likeness (QED) is 0.363. The highest BCUT2D eigenvalue weighted by Crippen LogP contribution is 2.80. The third-order valence-corrected chi connectivity index (χ3v) is 16.2. The maximum Gasteiger partial charge on any atom is 0.247 e. The van der Waals surface area contributed by atoms with Crippen molar-refractivity contribution < 1.29 is 11.7 Å². The Hall–Kier alpha value is 1.58. The van der Waals surface area contributed by atoms with Gasteiger partial charge >= 0.3 is 0 Å². The summed E-state index contributed by atoms with van der Waals surface area (Å²) in [7, 11) is 0.